The summed E-state index contributed by atoms with van der Waals surface area (Å²) in [6, 6.07) is -0.830. The average molecular weight is 750 g/mol. The van der Waals surface area contributed by atoms with Crippen molar-refractivity contribution in [3.63, 3.8) is 0 Å². The first-order valence-corrected chi connectivity index (χ1v) is 22.8. The van der Waals surface area contributed by atoms with Crippen molar-refractivity contribution in [3.05, 3.63) is 11.1 Å². The zero-order valence-corrected chi connectivity index (χ0v) is 33.5. The Morgan fingerprint density at radius 2 is 1.48 bits per heavy atom. The fraction of sp³-hybridized carbons (Fsp3) is 0.867. The van der Waals surface area contributed by atoms with Crippen LogP contribution >= 0.6 is 0 Å². The summed E-state index contributed by atoms with van der Waals surface area (Å²) in [5, 5.41) is 12.6. The molecule has 3 heterocycles. The zero-order valence-electron chi connectivity index (χ0n) is 33.5. The van der Waals surface area contributed by atoms with Gasteiger partial charge in [-0.1, -0.05) is 56.6 Å². The third kappa shape index (κ3) is 9.36. The van der Waals surface area contributed by atoms with Crippen molar-refractivity contribution in [2.75, 3.05) is 26.2 Å². The van der Waals surface area contributed by atoms with Gasteiger partial charge in [-0.15, -0.1) is 0 Å². The van der Waals surface area contributed by atoms with Crippen LogP contribution in [0.2, 0.25) is 0 Å². The maximum atomic E-state index is 13.6. The number of allylic oxidation sites excluding steroid dienone is 2. The van der Waals surface area contributed by atoms with Crippen LogP contribution in [0, 0.1) is 41.4 Å². The van der Waals surface area contributed by atoms with E-state index in [4.69, 9.17) is 4.74 Å². The van der Waals surface area contributed by atoms with Crippen LogP contribution < -0.4 is 5.32 Å². The number of fused-ring (bicyclic) bond motifs is 1. The minimum atomic E-state index is -0.830. The first-order valence-electron chi connectivity index (χ1n) is 22.8. The van der Waals surface area contributed by atoms with Crippen LogP contribution in [0.5, 0.6) is 0 Å². The smallest absolute Gasteiger partial charge is 0.249 e. The molecule has 3 saturated heterocycles. The average Bonchev–Trinajstić information content (AvgIpc) is 3.74. The molecular formula is C45H71N3O6. The number of aliphatic hydroxyl groups is 1. The third-order valence-corrected chi connectivity index (χ3v) is 15.3. The van der Waals surface area contributed by atoms with Crippen LogP contribution in [0.25, 0.3) is 0 Å². The number of rotatable bonds is 14. The van der Waals surface area contributed by atoms with Crippen LogP contribution in [0.1, 0.15) is 161 Å². The quantitative estimate of drug-likeness (QED) is 0.107. The van der Waals surface area contributed by atoms with E-state index in [-0.39, 0.29) is 54.4 Å². The molecule has 0 spiro atoms. The number of hydrogen-bond donors (Lipinski definition) is 2. The lowest BCUT2D eigenvalue weighted by Crippen LogP contribution is -2.54. The summed E-state index contributed by atoms with van der Waals surface area (Å²) >= 11 is 0. The van der Waals surface area contributed by atoms with Crippen molar-refractivity contribution in [1.82, 2.24) is 15.1 Å². The second kappa shape index (κ2) is 18.9. The highest BCUT2D eigenvalue weighted by atomic mass is 16.5. The van der Waals surface area contributed by atoms with E-state index in [1.807, 2.05) is 11.1 Å². The number of likely N-dealkylation sites (tertiary alicyclic amines) is 2. The molecule has 7 fully saturated rings. The Bertz CT molecular complexity index is 1340. The predicted molar refractivity (Wildman–Crippen MR) is 209 cm³/mol. The maximum absolute atomic E-state index is 13.6. The summed E-state index contributed by atoms with van der Waals surface area (Å²) in [4.78, 5) is 54.9. The van der Waals surface area contributed by atoms with Gasteiger partial charge in [0.25, 0.3) is 0 Å². The molecule has 0 aromatic carbocycles. The minimum absolute atomic E-state index is 0.0889. The molecule has 54 heavy (non-hydrogen) atoms. The SMILES string of the molecule is CC/C(=C(\C1CCC(O)CC1)C1CCC(OCCN2CCC(CCCCC3CCCC4C(=O)N(C5CCC(=O)NC5=O)C(=O)C34)C2)CC1)C1CCCCC1. The Kier molecular flexibility index (Phi) is 14.0. The number of unbranched alkanes of at least 4 members (excludes halogenated alkanes) is 1. The number of imide groups is 2. The van der Waals surface area contributed by atoms with E-state index < -0.39 is 11.9 Å². The van der Waals surface area contributed by atoms with Crippen LogP contribution in [0.4, 0.5) is 0 Å². The fourth-order valence-corrected chi connectivity index (χ4v) is 12.5. The van der Waals surface area contributed by atoms with Gasteiger partial charge in [0.05, 0.1) is 30.7 Å². The van der Waals surface area contributed by atoms with E-state index in [2.05, 4.69) is 17.1 Å². The lowest BCUT2D eigenvalue weighted by Gasteiger charge is -2.39. The van der Waals surface area contributed by atoms with Crippen LogP contribution in [-0.4, -0.2) is 83.0 Å². The van der Waals surface area contributed by atoms with E-state index in [0.717, 1.165) is 95.4 Å². The Morgan fingerprint density at radius 1 is 0.759 bits per heavy atom. The summed E-state index contributed by atoms with van der Waals surface area (Å²) in [7, 11) is 0. The van der Waals surface area contributed by atoms with Gasteiger partial charge in [0.2, 0.25) is 23.6 Å². The van der Waals surface area contributed by atoms with Crippen LogP contribution in [-0.2, 0) is 23.9 Å². The molecule has 7 aliphatic rings. The standard InChI is InChI=1S/C45H71N3O6/c1-2-37(31-10-4-3-5-11-31)41(33-15-19-35(49)20-16-33)34-17-21-36(22-18-34)54-28-27-47-26-25-30(29-47)9-6-7-12-32-13-8-14-38-42(32)45(53)48(44(38)52)39-23-24-40(50)46-43(39)51/h30-36,38-39,42,49H,2-29H2,1H3,(H,46,50,51)/b41-37-. The van der Waals surface area contributed by atoms with Gasteiger partial charge >= 0.3 is 0 Å². The predicted octanol–water partition coefficient (Wildman–Crippen LogP) is 7.49. The summed E-state index contributed by atoms with van der Waals surface area (Å²) in [6.07, 6.45) is 26.5. The topological polar surface area (TPSA) is 116 Å². The highest BCUT2D eigenvalue weighted by molar-refractivity contribution is 6.10. The molecule has 3 aliphatic heterocycles. The van der Waals surface area contributed by atoms with Gasteiger partial charge in [-0.25, -0.2) is 0 Å². The van der Waals surface area contributed by atoms with Crippen LogP contribution in [0.15, 0.2) is 11.1 Å². The Hall–Kier alpha value is -2.10. The molecule has 0 aromatic heterocycles. The number of nitrogens with zero attached hydrogens (tertiary/aromatic N) is 2. The summed E-state index contributed by atoms with van der Waals surface area (Å²) in [5.74, 6) is 1.36. The molecule has 9 heteroatoms. The number of piperidine rings is 1. The monoisotopic (exact) mass is 750 g/mol. The minimum Gasteiger partial charge on any atom is -0.393 e. The van der Waals surface area contributed by atoms with Gasteiger partial charge in [0.1, 0.15) is 6.04 Å². The Balaban J connectivity index is 0.808. The van der Waals surface area contributed by atoms with E-state index >= 15 is 0 Å². The molecular weight excluding hydrogens is 679 g/mol. The van der Waals surface area contributed by atoms with Gasteiger partial charge in [-0.3, -0.25) is 29.4 Å². The van der Waals surface area contributed by atoms with Crippen molar-refractivity contribution in [2.24, 2.45) is 41.4 Å². The number of ether oxygens (including phenoxy) is 1. The van der Waals surface area contributed by atoms with E-state index in [9.17, 15) is 24.3 Å². The fourth-order valence-electron chi connectivity index (χ4n) is 12.5. The highest BCUT2D eigenvalue weighted by Gasteiger charge is 2.55. The van der Waals surface area contributed by atoms with Crippen LogP contribution in [0.3, 0.4) is 0 Å². The largest absolute Gasteiger partial charge is 0.393 e. The number of carbonyl (C=O) groups excluding carboxylic acids is 4. The van der Waals surface area contributed by atoms with Crippen molar-refractivity contribution in [1.29, 1.82) is 0 Å². The molecule has 4 aliphatic carbocycles. The number of carbonyl (C=O) groups is 4. The molecule has 5 unspecified atom stereocenters. The first-order chi connectivity index (χ1) is 26.3. The first kappa shape index (κ1) is 40.1. The molecule has 4 amide bonds. The van der Waals surface area contributed by atoms with Crippen molar-refractivity contribution in [3.8, 4) is 0 Å². The number of aliphatic hydroxyl groups excluding tert-OH is 1. The van der Waals surface area contributed by atoms with Crippen molar-refractivity contribution < 1.29 is 29.0 Å². The highest BCUT2D eigenvalue weighted by Crippen LogP contribution is 2.47. The van der Waals surface area contributed by atoms with Gasteiger partial charge < -0.3 is 14.7 Å². The Labute approximate surface area is 325 Å². The molecule has 9 nitrogen and oxygen atoms in total. The van der Waals surface area contributed by atoms with Gasteiger partial charge in [0, 0.05) is 19.5 Å². The molecule has 4 saturated carbocycles. The number of hydrogen-bond acceptors (Lipinski definition) is 7. The molecule has 0 bridgehead atoms. The zero-order chi connectivity index (χ0) is 37.6. The van der Waals surface area contributed by atoms with Crippen molar-refractivity contribution >= 4 is 23.6 Å². The lowest BCUT2D eigenvalue weighted by molar-refractivity contribution is -0.151. The second-order valence-corrected chi connectivity index (χ2v) is 18.6. The maximum Gasteiger partial charge on any atom is 0.249 e. The van der Waals surface area contributed by atoms with Gasteiger partial charge in [-0.2, -0.15) is 0 Å². The van der Waals surface area contributed by atoms with Gasteiger partial charge in [-0.05, 0) is 145 Å². The number of nitrogens with one attached hydrogen (secondary N) is 1. The summed E-state index contributed by atoms with van der Waals surface area (Å²) in [5.41, 5.74) is 3.67. The summed E-state index contributed by atoms with van der Waals surface area (Å²) < 4.78 is 6.56. The normalized spacial score (nSPS) is 36.3. The molecule has 2 N–H and O–H groups in total. The molecule has 7 rings (SSSR count). The van der Waals surface area contributed by atoms with E-state index in [1.165, 1.54) is 94.8 Å². The summed E-state index contributed by atoms with van der Waals surface area (Å²) in [6.45, 7) is 6.59. The molecule has 5 atom stereocenters. The van der Waals surface area contributed by atoms with E-state index in [1.54, 1.807) is 0 Å². The molecule has 302 valence electrons. The molecule has 0 aromatic rings. The third-order valence-electron chi connectivity index (χ3n) is 15.3. The molecule has 0 radical (unpaired) electrons. The van der Waals surface area contributed by atoms with E-state index in [0.29, 0.717) is 12.0 Å². The van der Waals surface area contributed by atoms with Crippen molar-refractivity contribution in [2.45, 2.75) is 179 Å². The Morgan fingerprint density at radius 3 is 2.20 bits per heavy atom. The number of amides is 4. The lowest BCUT2D eigenvalue weighted by atomic mass is 9.68. The van der Waals surface area contributed by atoms with Gasteiger partial charge in [0.15, 0.2) is 0 Å². The second-order valence-electron chi connectivity index (χ2n) is 18.6.